The molecule has 0 radical (unpaired) electrons. The van der Waals surface area contributed by atoms with Crippen LogP contribution in [0.3, 0.4) is 0 Å². The smallest absolute Gasteiger partial charge is 0.241 e. The Morgan fingerprint density at radius 3 is 2.46 bits per heavy atom. The minimum atomic E-state index is -0.594. The quantitative estimate of drug-likeness (QED) is 0.790. The van der Waals surface area contributed by atoms with Gasteiger partial charge >= 0.3 is 0 Å². The molecule has 6 fully saturated rings. The number of rotatable bonds is 2. The van der Waals surface area contributed by atoms with Crippen molar-refractivity contribution in [3.05, 3.63) is 0 Å². The SMILES string of the molecule is Cl.N#C[C@@H]1C[C@H]2C[C@H]2N1C(=O)[C@H](N)C12CC3CC(CC(O)(C3)C1)C2. The van der Waals surface area contributed by atoms with Gasteiger partial charge in [0.15, 0.2) is 0 Å². The van der Waals surface area contributed by atoms with E-state index in [1.165, 1.54) is 6.42 Å². The van der Waals surface area contributed by atoms with E-state index in [0.29, 0.717) is 24.2 Å². The molecule has 0 aromatic heterocycles. The van der Waals surface area contributed by atoms with Gasteiger partial charge in [-0.1, -0.05) is 0 Å². The van der Waals surface area contributed by atoms with Crippen molar-refractivity contribution in [3.8, 4) is 6.07 Å². The predicted octanol–water partition coefficient (Wildman–Crippen LogP) is 1.58. The monoisotopic (exact) mass is 351 g/mol. The zero-order valence-electron chi connectivity index (χ0n) is 13.9. The number of piperidine rings is 1. The number of likely N-dealkylation sites (tertiary alicyclic amines) is 1. The Bertz CT molecular complexity index is 604. The number of carbonyl (C=O) groups is 1. The Labute approximate surface area is 149 Å². The van der Waals surface area contributed by atoms with Gasteiger partial charge in [0.1, 0.15) is 6.04 Å². The number of amides is 1. The highest BCUT2D eigenvalue weighted by Crippen LogP contribution is 2.63. The lowest BCUT2D eigenvalue weighted by Crippen LogP contribution is -2.64. The van der Waals surface area contributed by atoms with Crippen LogP contribution in [0.15, 0.2) is 0 Å². The lowest BCUT2D eigenvalue weighted by atomic mass is 9.46. The lowest BCUT2D eigenvalue weighted by molar-refractivity contribution is -0.177. The predicted molar refractivity (Wildman–Crippen MR) is 90.0 cm³/mol. The van der Waals surface area contributed by atoms with Gasteiger partial charge in [0, 0.05) is 6.04 Å². The molecule has 5 saturated carbocycles. The van der Waals surface area contributed by atoms with Gasteiger partial charge in [0.25, 0.3) is 0 Å². The molecule has 6 aliphatic rings. The van der Waals surface area contributed by atoms with Crippen LogP contribution in [0, 0.1) is 34.5 Å². The fourth-order valence-electron chi connectivity index (χ4n) is 6.96. The number of hydrogen-bond donors (Lipinski definition) is 2. The van der Waals surface area contributed by atoms with Crippen molar-refractivity contribution in [3.63, 3.8) is 0 Å². The van der Waals surface area contributed by atoms with Gasteiger partial charge in [0.2, 0.25) is 5.91 Å². The van der Waals surface area contributed by atoms with Crippen molar-refractivity contribution < 1.29 is 9.90 Å². The number of carbonyl (C=O) groups excluding carboxylic acids is 1. The number of nitrogens with two attached hydrogens (primary N) is 1. The molecule has 6 heteroatoms. The molecule has 1 heterocycles. The van der Waals surface area contributed by atoms with Crippen LogP contribution >= 0.6 is 12.4 Å². The van der Waals surface area contributed by atoms with Crippen LogP contribution in [-0.4, -0.2) is 39.6 Å². The normalized spacial score (nSPS) is 51.5. The Balaban J connectivity index is 0.00000146. The minimum absolute atomic E-state index is 0. The second-order valence-corrected chi connectivity index (χ2v) is 9.21. The molecule has 6 rings (SSSR count). The van der Waals surface area contributed by atoms with E-state index >= 15 is 0 Å². The maximum absolute atomic E-state index is 13.1. The number of fused-ring (bicyclic) bond motifs is 1. The zero-order valence-corrected chi connectivity index (χ0v) is 14.7. The molecule has 6 atom stereocenters. The van der Waals surface area contributed by atoms with Crippen molar-refractivity contribution in [2.24, 2.45) is 28.9 Å². The summed E-state index contributed by atoms with van der Waals surface area (Å²) in [7, 11) is 0. The van der Waals surface area contributed by atoms with Crippen LogP contribution in [-0.2, 0) is 4.79 Å². The average Bonchev–Trinajstić information content (AvgIpc) is 3.14. The first kappa shape index (κ1) is 16.6. The zero-order chi connectivity index (χ0) is 16.0. The summed E-state index contributed by atoms with van der Waals surface area (Å²) in [4.78, 5) is 14.9. The van der Waals surface area contributed by atoms with E-state index in [1.807, 2.05) is 0 Å². The van der Waals surface area contributed by atoms with Crippen molar-refractivity contribution in [1.29, 1.82) is 5.26 Å². The molecule has 0 aromatic rings. The van der Waals surface area contributed by atoms with Crippen LogP contribution in [0.1, 0.15) is 51.4 Å². The Morgan fingerprint density at radius 2 is 1.88 bits per heavy atom. The molecule has 1 aliphatic heterocycles. The summed E-state index contributed by atoms with van der Waals surface area (Å²) >= 11 is 0. The first-order valence-electron chi connectivity index (χ1n) is 9.13. The second kappa shape index (κ2) is 5.09. The number of halogens is 1. The highest BCUT2D eigenvalue weighted by Gasteiger charge is 2.62. The molecule has 1 amide bonds. The Morgan fingerprint density at radius 1 is 1.21 bits per heavy atom. The van der Waals surface area contributed by atoms with E-state index < -0.39 is 11.6 Å². The molecule has 0 aromatic carbocycles. The molecule has 5 aliphatic carbocycles. The van der Waals surface area contributed by atoms with Crippen LogP contribution in [0.5, 0.6) is 0 Å². The molecule has 3 N–H and O–H groups in total. The van der Waals surface area contributed by atoms with Crippen molar-refractivity contribution in [2.75, 3.05) is 0 Å². The van der Waals surface area contributed by atoms with Crippen LogP contribution in [0.25, 0.3) is 0 Å². The molecule has 24 heavy (non-hydrogen) atoms. The third-order valence-corrected chi connectivity index (χ3v) is 7.51. The van der Waals surface area contributed by atoms with Gasteiger partial charge in [-0.3, -0.25) is 4.79 Å². The largest absolute Gasteiger partial charge is 0.390 e. The van der Waals surface area contributed by atoms with Crippen LogP contribution in [0.2, 0.25) is 0 Å². The third kappa shape index (κ3) is 2.16. The summed E-state index contributed by atoms with van der Waals surface area (Å²) in [6.07, 6.45) is 7.48. The van der Waals surface area contributed by atoms with E-state index in [2.05, 4.69) is 6.07 Å². The average molecular weight is 352 g/mol. The number of nitrogens with zero attached hydrogens (tertiary/aromatic N) is 2. The molecular formula is C18H26ClN3O2. The first-order valence-corrected chi connectivity index (χ1v) is 9.13. The summed E-state index contributed by atoms with van der Waals surface area (Å²) < 4.78 is 0. The number of nitriles is 1. The molecule has 4 bridgehead atoms. The van der Waals surface area contributed by atoms with Crippen molar-refractivity contribution in [1.82, 2.24) is 4.90 Å². The summed E-state index contributed by atoms with van der Waals surface area (Å²) in [5.74, 6) is 1.56. The summed E-state index contributed by atoms with van der Waals surface area (Å²) in [6.45, 7) is 0. The van der Waals surface area contributed by atoms with Gasteiger partial charge < -0.3 is 15.7 Å². The third-order valence-electron chi connectivity index (χ3n) is 7.51. The van der Waals surface area contributed by atoms with E-state index in [1.54, 1.807) is 4.90 Å². The van der Waals surface area contributed by atoms with E-state index in [9.17, 15) is 15.2 Å². The maximum atomic E-state index is 13.1. The molecule has 5 nitrogen and oxygen atoms in total. The fourth-order valence-corrected chi connectivity index (χ4v) is 6.96. The molecule has 0 spiro atoms. The summed E-state index contributed by atoms with van der Waals surface area (Å²) in [6, 6.07) is 1.72. The van der Waals surface area contributed by atoms with Gasteiger partial charge in [-0.05, 0) is 74.5 Å². The van der Waals surface area contributed by atoms with Crippen LogP contribution in [0.4, 0.5) is 0 Å². The first-order chi connectivity index (χ1) is 10.9. The highest BCUT2D eigenvalue weighted by molar-refractivity contribution is 5.85. The lowest BCUT2D eigenvalue weighted by Gasteiger charge is -2.61. The van der Waals surface area contributed by atoms with Crippen LogP contribution < -0.4 is 5.73 Å². The standard InChI is InChI=1S/C18H25N3O2.ClH/c19-8-13-2-12-3-14(12)21(13)16(22)15(20)17-4-10-1-11(5-17)7-18(23,6-10)9-17;/h10-15,23H,1-7,9,20H2;1H/t10?,11?,12-,13-,14+,15-,17?,18?;/m0./s1. The van der Waals surface area contributed by atoms with E-state index in [-0.39, 0.29) is 35.8 Å². The number of hydrogen-bond acceptors (Lipinski definition) is 4. The molecule has 1 saturated heterocycles. The Hall–Kier alpha value is -0.830. The molecule has 2 unspecified atom stereocenters. The van der Waals surface area contributed by atoms with E-state index in [4.69, 9.17) is 5.73 Å². The second-order valence-electron chi connectivity index (χ2n) is 9.21. The van der Waals surface area contributed by atoms with Gasteiger partial charge in [-0.15, -0.1) is 12.4 Å². The van der Waals surface area contributed by atoms with Gasteiger partial charge in [-0.25, -0.2) is 0 Å². The maximum Gasteiger partial charge on any atom is 0.241 e. The molecular weight excluding hydrogens is 326 g/mol. The van der Waals surface area contributed by atoms with Gasteiger partial charge in [0.05, 0.1) is 17.7 Å². The van der Waals surface area contributed by atoms with Gasteiger partial charge in [-0.2, -0.15) is 5.26 Å². The summed E-state index contributed by atoms with van der Waals surface area (Å²) in [5.41, 5.74) is 5.71. The Kier molecular flexibility index (Phi) is 3.53. The van der Waals surface area contributed by atoms with Crippen molar-refractivity contribution in [2.45, 2.75) is 75.1 Å². The van der Waals surface area contributed by atoms with Crippen molar-refractivity contribution >= 4 is 18.3 Å². The van der Waals surface area contributed by atoms with E-state index in [0.717, 1.165) is 38.5 Å². The summed E-state index contributed by atoms with van der Waals surface area (Å²) in [5, 5.41) is 20.2. The topological polar surface area (TPSA) is 90.4 Å². The minimum Gasteiger partial charge on any atom is -0.390 e. The fraction of sp³-hybridized carbons (Fsp3) is 0.889. The molecule has 132 valence electrons. The highest BCUT2D eigenvalue weighted by atomic mass is 35.5. The number of aliphatic hydroxyl groups is 1.